The molecule has 1 N–H and O–H groups in total. The van der Waals surface area contributed by atoms with Crippen LogP contribution in [0.15, 0.2) is 11.6 Å². The number of rotatable bonds is 8. The van der Waals surface area contributed by atoms with E-state index in [-0.39, 0.29) is 23.9 Å². The molecule has 1 rings (SSSR count). The SMILES string of the molecule is CCC[C@@H](C)/C=C(\C)[C@H](C[C@@H]1CC[C@@H](C)[C@](O)(C(C)=O)O1)OC. The maximum Gasteiger partial charge on any atom is 0.229 e. The molecular weight excluding hydrogens is 292 g/mol. The van der Waals surface area contributed by atoms with E-state index >= 15 is 0 Å². The predicted octanol–water partition coefficient (Wildman–Crippen LogP) is 3.87. The predicted molar refractivity (Wildman–Crippen MR) is 92.1 cm³/mol. The molecule has 0 radical (unpaired) electrons. The summed E-state index contributed by atoms with van der Waals surface area (Å²) in [6.07, 6.45) is 6.69. The van der Waals surface area contributed by atoms with Gasteiger partial charge in [0.2, 0.25) is 5.79 Å². The Morgan fingerprint density at radius 1 is 1.43 bits per heavy atom. The van der Waals surface area contributed by atoms with Gasteiger partial charge in [-0.25, -0.2) is 0 Å². The molecule has 0 aromatic heterocycles. The lowest BCUT2D eigenvalue weighted by Crippen LogP contribution is -2.52. The number of ketones is 1. The van der Waals surface area contributed by atoms with Crippen LogP contribution >= 0.6 is 0 Å². The molecule has 0 amide bonds. The summed E-state index contributed by atoms with van der Waals surface area (Å²) in [5.41, 5.74) is 1.20. The Labute approximate surface area is 141 Å². The molecule has 1 aliphatic rings. The minimum Gasteiger partial charge on any atom is -0.377 e. The Kier molecular flexibility index (Phi) is 7.91. The van der Waals surface area contributed by atoms with Gasteiger partial charge in [0, 0.05) is 26.4 Å². The number of carbonyl (C=O) groups excluding carboxylic acids is 1. The normalized spacial score (nSPS) is 31.7. The zero-order valence-corrected chi connectivity index (χ0v) is 15.6. The van der Waals surface area contributed by atoms with Gasteiger partial charge in [-0.15, -0.1) is 0 Å². The third-order valence-electron chi connectivity index (χ3n) is 5.00. The molecule has 23 heavy (non-hydrogen) atoms. The summed E-state index contributed by atoms with van der Waals surface area (Å²) in [5.74, 6) is -1.60. The first kappa shape index (κ1) is 20.3. The van der Waals surface area contributed by atoms with Crippen molar-refractivity contribution < 1.29 is 19.4 Å². The summed E-state index contributed by atoms with van der Waals surface area (Å²) >= 11 is 0. The number of aliphatic hydroxyl groups is 1. The monoisotopic (exact) mass is 326 g/mol. The van der Waals surface area contributed by atoms with Crippen LogP contribution in [0.25, 0.3) is 0 Å². The lowest BCUT2D eigenvalue weighted by atomic mass is 9.86. The van der Waals surface area contributed by atoms with E-state index in [2.05, 4.69) is 26.8 Å². The van der Waals surface area contributed by atoms with Crippen molar-refractivity contribution in [3.05, 3.63) is 11.6 Å². The number of allylic oxidation sites excluding steroid dienone is 1. The van der Waals surface area contributed by atoms with Gasteiger partial charge in [0.25, 0.3) is 0 Å². The van der Waals surface area contributed by atoms with Crippen molar-refractivity contribution in [1.82, 2.24) is 0 Å². The van der Waals surface area contributed by atoms with E-state index < -0.39 is 5.79 Å². The van der Waals surface area contributed by atoms with Crippen LogP contribution in [0.2, 0.25) is 0 Å². The van der Waals surface area contributed by atoms with Crippen molar-refractivity contribution in [2.24, 2.45) is 11.8 Å². The third kappa shape index (κ3) is 5.40. The molecule has 0 unspecified atom stereocenters. The number of Topliss-reactive ketones (excluding diaryl/α,β-unsaturated/α-hetero) is 1. The van der Waals surface area contributed by atoms with Gasteiger partial charge in [-0.3, -0.25) is 4.79 Å². The Hall–Kier alpha value is -0.710. The molecule has 134 valence electrons. The zero-order chi connectivity index (χ0) is 17.6. The number of hydrogen-bond donors (Lipinski definition) is 1. The first-order valence-corrected chi connectivity index (χ1v) is 8.86. The molecule has 1 fully saturated rings. The Balaban J connectivity index is 2.74. The molecule has 4 nitrogen and oxygen atoms in total. The van der Waals surface area contributed by atoms with E-state index in [4.69, 9.17) is 9.47 Å². The van der Waals surface area contributed by atoms with Crippen LogP contribution in [0.1, 0.15) is 66.7 Å². The summed E-state index contributed by atoms with van der Waals surface area (Å²) < 4.78 is 11.4. The fourth-order valence-corrected chi connectivity index (χ4v) is 3.46. The van der Waals surface area contributed by atoms with Crippen LogP contribution < -0.4 is 0 Å². The quantitative estimate of drug-likeness (QED) is 0.688. The molecule has 5 atom stereocenters. The van der Waals surface area contributed by atoms with E-state index in [9.17, 15) is 9.90 Å². The number of methoxy groups -OCH3 is 1. The number of ether oxygens (including phenoxy) is 2. The molecule has 0 saturated carbocycles. The van der Waals surface area contributed by atoms with Gasteiger partial charge in [0.1, 0.15) is 0 Å². The van der Waals surface area contributed by atoms with Crippen LogP contribution in [0.3, 0.4) is 0 Å². The van der Waals surface area contributed by atoms with Crippen LogP contribution in [0.5, 0.6) is 0 Å². The van der Waals surface area contributed by atoms with Gasteiger partial charge in [0.15, 0.2) is 5.78 Å². The van der Waals surface area contributed by atoms with Crippen LogP contribution in [-0.2, 0) is 14.3 Å². The molecule has 1 saturated heterocycles. The van der Waals surface area contributed by atoms with Crippen molar-refractivity contribution in [1.29, 1.82) is 0 Å². The van der Waals surface area contributed by atoms with E-state index in [1.807, 2.05) is 6.92 Å². The zero-order valence-electron chi connectivity index (χ0n) is 15.6. The first-order chi connectivity index (χ1) is 10.7. The van der Waals surface area contributed by atoms with Gasteiger partial charge in [-0.1, -0.05) is 33.3 Å². The molecular formula is C19H34O4. The van der Waals surface area contributed by atoms with Crippen molar-refractivity contribution in [3.63, 3.8) is 0 Å². The number of hydrogen-bond acceptors (Lipinski definition) is 4. The molecule has 0 aliphatic carbocycles. The van der Waals surface area contributed by atoms with Crippen molar-refractivity contribution in [2.75, 3.05) is 7.11 Å². The third-order valence-corrected chi connectivity index (χ3v) is 5.00. The average Bonchev–Trinajstić information content (AvgIpc) is 2.48. The van der Waals surface area contributed by atoms with Crippen LogP contribution in [0, 0.1) is 11.8 Å². The largest absolute Gasteiger partial charge is 0.377 e. The molecule has 1 heterocycles. The maximum absolute atomic E-state index is 11.8. The molecule has 0 aromatic rings. The first-order valence-electron chi connectivity index (χ1n) is 8.86. The fourth-order valence-electron chi connectivity index (χ4n) is 3.46. The summed E-state index contributed by atoms with van der Waals surface area (Å²) in [6.45, 7) is 9.75. The van der Waals surface area contributed by atoms with Crippen molar-refractivity contribution in [2.45, 2.75) is 84.7 Å². The Morgan fingerprint density at radius 3 is 2.61 bits per heavy atom. The second-order valence-corrected chi connectivity index (χ2v) is 7.11. The summed E-state index contributed by atoms with van der Waals surface area (Å²) in [6, 6.07) is 0. The average molecular weight is 326 g/mol. The highest BCUT2D eigenvalue weighted by molar-refractivity contribution is 5.83. The topological polar surface area (TPSA) is 55.8 Å². The fraction of sp³-hybridized carbons (Fsp3) is 0.842. The van der Waals surface area contributed by atoms with E-state index in [0.717, 1.165) is 25.7 Å². The standard InChI is InChI=1S/C19H34O4/c1-7-8-13(2)11-14(3)18(22-6)12-17-10-9-15(4)19(21,23-17)16(5)20/h11,13,15,17-18,21H,7-10,12H2,1-6H3/b14-11+/t13-,15-,17+,18+,19-/m1/s1. The lowest BCUT2D eigenvalue weighted by Gasteiger charge is -2.41. The van der Waals surface area contributed by atoms with Crippen LogP contribution in [0.4, 0.5) is 0 Å². The molecule has 4 heteroatoms. The van der Waals surface area contributed by atoms with E-state index in [1.165, 1.54) is 12.5 Å². The molecule has 0 bridgehead atoms. The van der Waals surface area contributed by atoms with Gasteiger partial charge >= 0.3 is 0 Å². The lowest BCUT2D eigenvalue weighted by molar-refractivity contribution is -0.265. The second kappa shape index (κ2) is 8.95. The van der Waals surface area contributed by atoms with Gasteiger partial charge in [0.05, 0.1) is 12.2 Å². The molecule has 1 aliphatic heterocycles. The van der Waals surface area contributed by atoms with E-state index in [1.54, 1.807) is 7.11 Å². The minimum atomic E-state index is -1.64. The highest BCUT2D eigenvalue weighted by Gasteiger charge is 2.45. The minimum absolute atomic E-state index is 0.0380. The summed E-state index contributed by atoms with van der Waals surface area (Å²) in [4.78, 5) is 11.8. The van der Waals surface area contributed by atoms with Crippen LogP contribution in [-0.4, -0.2) is 36.0 Å². The Morgan fingerprint density at radius 2 is 2.09 bits per heavy atom. The van der Waals surface area contributed by atoms with Gasteiger partial charge in [-0.05, 0) is 37.7 Å². The molecule has 0 aromatic carbocycles. The van der Waals surface area contributed by atoms with Gasteiger partial charge in [-0.2, -0.15) is 0 Å². The van der Waals surface area contributed by atoms with E-state index in [0.29, 0.717) is 12.3 Å². The van der Waals surface area contributed by atoms with Gasteiger partial charge < -0.3 is 14.6 Å². The number of carbonyl (C=O) groups is 1. The second-order valence-electron chi connectivity index (χ2n) is 7.11. The summed E-state index contributed by atoms with van der Waals surface area (Å²) in [5, 5.41) is 10.5. The smallest absolute Gasteiger partial charge is 0.229 e. The highest BCUT2D eigenvalue weighted by atomic mass is 16.6. The van der Waals surface area contributed by atoms with Crippen molar-refractivity contribution >= 4 is 5.78 Å². The molecule has 0 spiro atoms. The summed E-state index contributed by atoms with van der Waals surface area (Å²) in [7, 11) is 1.70. The Bertz CT molecular complexity index is 418. The maximum atomic E-state index is 11.8. The highest BCUT2D eigenvalue weighted by Crippen LogP contribution is 2.35. The van der Waals surface area contributed by atoms with Crippen molar-refractivity contribution in [3.8, 4) is 0 Å².